The van der Waals surface area contributed by atoms with Gasteiger partial charge >= 0.3 is 0 Å². The van der Waals surface area contributed by atoms with Gasteiger partial charge in [0.2, 0.25) is 0 Å². The Morgan fingerprint density at radius 1 is 1.03 bits per heavy atom. The number of hydrogen-bond acceptors (Lipinski definition) is 8. The van der Waals surface area contributed by atoms with E-state index in [1.807, 2.05) is 66.7 Å². The van der Waals surface area contributed by atoms with E-state index >= 15 is 0 Å². The number of anilines is 2. The lowest BCUT2D eigenvalue weighted by atomic mass is 10.1. The average molecular weight is 532 g/mol. The highest BCUT2D eigenvalue weighted by Crippen LogP contribution is 2.32. The van der Waals surface area contributed by atoms with Crippen molar-refractivity contribution in [1.82, 2.24) is 10.2 Å². The van der Waals surface area contributed by atoms with Gasteiger partial charge in [-0.15, -0.1) is 10.2 Å². The number of ether oxygens (including phenoxy) is 1. The van der Waals surface area contributed by atoms with Crippen LogP contribution in [-0.4, -0.2) is 47.8 Å². The summed E-state index contributed by atoms with van der Waals surface area (Å²) in [6, 6.07) is 21.7. The summed E-state index contributed by atoms with van der Waals surface area (Å²) in [5.74, 6) is 2.11. The molecule has 0 spiro atoms. The van der Waals surface area contributed by atoms with Crippen molar-refractivity contribution in [3.8, 4) is 5.75 Å². The zero-order chi connectivity index (χ0) is 26.3. The van der Waals surface area contributed by atoms with Gasteiger partial charge in [0.15, 0.2) is 11.6 Å². The summed E-state index contributed by atoms with van der Waals surface area (Å²) in [4.78, 5) is 7.69. The van der Waals surface area contributed by atoms with Crippen molar-refractivity contribution in [3.05, 3.63) is 88.4 Å². The van der Waals surface area contributed by atoms with E-state index in [9.17, 15) is 5.11 Å². The fraction of sp³-hybridized carbons (Fsp3) is 0.276. The number of halogens is 1. The largest absolute Gasteiger partial charge is 0.495 e. The molecule has 4 aromatic rings. The minimum atomic E-state index is -0.263. The molecule has 9 heteroatoms. The number of nitrogens with zero attached hydrogens (tertiary/aromatic N) is 4. The lowest BCUT2D eigenvalue weighted by Gasteiger charge is -2.31. The molecule has 0 aliphatic carbocycles. The van der Waals surface area contributed by atoms with Crippen LogP contribution >= 0.6 is 11.6 Å². The quantitative estimate of drug-likeness (QED) is 0.220. The molecule has 0 amide bonds. The van der Waals surface area contributed by atoms with Crippen LogP contribution in [0.4, 0.5) is 11.6 Å². The van der Waals surface area contributed by atoms with Gasteiger partial charge in [-0.1, -0.05) is 59.2 Å². The zero-order valence-electron chi connectivity index (χ0n) is 21.2. The first kappa shape index (κ1) is 25.8. The Kier molecular flexibility index (Phi) is 8.21. The maximum Gasteiger partial charge on any atom is 0.159 e. The summed E-state index contributed by atoms with van der Waals surface area (Å²) in [6.45, 7) is 2.39. The molecular formula is C29H30ClN5O3. The van der Waals surface area contributed by atoms with Crippen LogP contribution in [0.15, 0.2) is 71.9 Å². The van der Waals surface area contributed by atoms with Gasteiger partial charge in [-0.3, -0.25) is 0 Å². The molecule has 1 aromatic heterocycles. The van der Waals surface area contributed by atoms with Gasteiger partial charge in [-0.2, -0.15) is 0 Å². The Bertz CT molecular complexity index is 1410. The van der Waals surface area contributed by atoms with Crippen LogP contribution in [0.3, 0.4) is 0 Å². The Hall–Kier alpha value is -3.88. The monoisotopic (exact) mass is 531 g/mol. The molecular weight excluding hydrogens is 502 g/mol. The van der Waals surface area contributed by atoms with Crippen LogP contribution in [0, 0.1) is 0 Å². The van der Waals surface area contributed by atoms with E-state index in [0.29, 0.717) is 42.6 Å². The Morgan fingerprint density at radius 2 is 1.84 bits per heavy atom. The third kappa shape index (κ3) is 6.15. The summed E-state index contributed by atoms with van der Waals surface area (Å²) in [5, 5.41) is 29.1. The maximum absolute atomic E-state index is 9.96. The Balaban J connectivity index is 1.40. The number of hydrogen-bond donors (Lipinski definition) is 2. The molecule has 8 nitrogen and oxygen atoms in total. The topological polar surface area (TPSA) is 92.1 Å². The van der Waals surface area contributed by atoms with Crippen molar-refractivity contribution in [1.29, 1.82) is 0 Å². The van der Waals surface area contributed by atoms with Crippen LogP contribution in [0.2, 0.25) is 5.02 Å². The summed E-state index contributed by atoms with van der Waals surface area (Å²) in [5.41, 5.74) is 2.93. The number of aliphatic hydroxyl groups is 1. The van der Waals surface area contributed by atoms with Gasteiger partial charge in [0, 0.05) is 30.4 Å². The summed E-state index contributed by atoms with van der Waals surface area (Å²) in [6.07, 6.45) is 2.86. The molecule has 1 fully saturated rings. The van der Waals surface area contributed by atoms with Gasteiger partial charge < -0.3 is 24.9 Å². The Labute approximate surface area is 226 Å². The van der Waals surface area contributed by atoms with E-state index in [4.69, 9.17) is 21.2 Å². The lowest BCUT2D eigenvalue weighted by molar-refractivity contribution is 0.132. The van der Waals surface area contributed by atoms with Gasteiger partial charge in [0.05, 0.1) is 24.5 Å². The zero-order valence-corrected chi connectivity index (χ0v) is 21.9. The molecule has 0 saturated carbocycles. The number of nitrogens with one attached hydrogen (secondary N) is 1. The minimum Gasteiger partial charge on any atom is -0.495 e. The predicted octanol–water partition coefficient (Wildman–Crippen LogP) is 5.42. The van der Waals surface area contributed by atoms with Crippen LogP contribution in [0.5, 0.6) is 5.75 Å². The number of oxime groups is 1. The van der Waals surface area contributed by atoms with Gasteiger partial charge in [0.25, 0.3) is 0 Å². The van der Waals surface area contributed by atoms with Crippen molar-refractivity contribution in [2.24, 2.45) is 5.16 Å². The second kappa shape index (κ2) is 12.1. The van der Waals surface area contributed by atoms with E-state index in [-0.39, 0.29) is 6.10 Å². The highest BCUT2D eigenvalue weighted by atomic mass is 35.5. The molecule has 38 heavy (non-hydrogen) atoms. The second-order valence-corrected chi connectivity index (χ2v) is 9.62. The molecule has 3 aromatic carbocycles. The standard InChI is InChI=1S/C29H30ClN5O3/c1-37-27-10-8-22(16-26(27)30)17-31-28-25-15-21(18-32-38-19-20-5-3-2-4-6-20)7-9-24(25)29(34-33-28)35-13-11-23(36)12-14-35/h2-10,15-16,18,23,36H,11-14,17,19H2,1H3,(H,31,33). The molecule has 0 bridgehead atoms. The van der Waals surface area contributed by atoms with Crippen molar-refractivity contribution in [2.45, 2.75) is 32.1 Å². The normalized spacial score (nSPS) is 14.2. The second-order valence-electron chi connectivity index (χ2n) is 9.21. The first-order valence-electron chi connectivity index (χ1n) is 12.6. The van der Waals surface area contributed by atoms with E-state index in [1.54, 1.807) is 13.3 Å². The van der Waals surface area contributed by atoms with E-state index in [2.05, 4.69) is 25.6 Å². The van der Waals surface area contributed by atoms with Crippen LogP contribution in [0.1, 0.15) is 29.5 Å². The summed E-state index contributed by atoms with van der Waals surface area (Å²) >= 11 is 6.31. The molecule has 2 N–H and O–H groups in total. The fourth-order valence-corrected chi connectivity index (χ4v) is 4.75. The van der Waals surface area contributed by atoms with Gasteiger partial charge in [-0.25, -0.2) is 0 Å². The third-order valence-electron chi connectivity index (χ3n) is 6.57. The van der Waals surface area contributed by atoms with E-state index in [1.165, 1.54) is 0 Å². The van der Waals surface area contributed by atoms with Crippen molar-refractivity contribution in [3.63, 3.8) is 0 Å². The number of benzene rings is 3. The summed E-state index contributed by atoms with van der Waals surface area (Å²) in [7, 11) is 1.60. The maximum atomic E-state index is 9.96. The minimum absolute atomic E-state index is 0.263. The van der Waals surface area contributed by atoms with Crippen molar-refractivity contribution in [2.75, 3.05) is 30.4 Å². The number of aliphatic hydroxyl groups excluding tert-OH is 1. The van der Waals surface area contributed by atoms with Crippen LogP contribution in [0.25, 0.3) is 10.8 Å². The lowest BCUT2D eigenvalue weighted by Crippen LogP contribution is -2.36. The predicted molar refractivity (Wildman–Crippen MR) is 151 cm³/mol. The number of aromatic nitrogens is 2. The number of rotatable bonds is 9. The molecule has 2 heterocycles. The molecule has 1 aliphatic heterocycles. The van der Waals surface area contributed by atoms with Crippen molar-refractivity contribution >= 4 is 40.2 Å². The number of fused-ring (bicyclic) bond motifs is 1. The van der Waals surface area contributed by atoms with E-state index < -0.39 is 0 Å². The van der Waals surface area contributed by atoms with Crippen LogP contribution < -0.4 is 15.0 Å². The smallest absolute Gasteiger partial charge is 0.159 e. The van der Waals surface area contributed by atoms with Crippen molar-refractivity contribution < 1.29 is 14.7 Å². The first-order chi connectivity index (χ1) is 18.6. The Morgan fingerprint density at radius 3 is 2.61 bits per heavy atom. The van der Waals surface area contributed by atoms with Gasteiger partial charge in [0.1, 0.15) is 12.4 Å². The molecule has 5 rings (SSSR count). The number of piperidine rings is 1. The number of methoxy groups -OCH3 is 1. The third-order valence-corrected chi connectivity index (χ3v) is 6.87. The average Bonchev–Trinajstić information content (AvgIpc) is 2.95. The molecule has 0 radical (unpaired) electrons. The molecule has 0 atom stereocenters. The highest BCUT2D eigenvalue weighted by molar-refractivity contribution is 6.32. The fourth-order valence-electron chi connectivity index (χ4n) is 4.47. The van der Waals surface area contributed by atoms with Gasteiger partial charge in [-0.05, 0) is 53.8 Å². The first-order valence-corrected chi connectivity index (χ1v) is 13.0. The molecule has 0 unspecified atom stereocenters. The van der Waals surface area contributed by atoms with E-state index in [0.717, 1.165) is 46.4 Å². The summed E-state index contributed by atoms with van der Waals surface area (Å²) < 4.78 is 5.26. The molecule has 196 valence electrons. The highest BCUT2D eigenvalue weighted by Gasteiger charge is 2.21. The molecule has 1 aliphatic rings. The van der Waals surface area contributed by atoms with Crippen LogP contribution in [-0.2, 0) is 18.0 Å². The SMILES string of the molecule is COc1ccc(CNc2nnc(N3CCC(O)CC3)c3ccc(C=NOCc4ccccc4)cc23)cc1Cl. The molecule has 1 saturated heterocycles.